The molecule has 3 aliphatic heterocycles. The molecule has 1 spiro atoms. The standard InChI is InChI=1S/C21H26N2O6/c24-18(22-7-11-29-12-8-22)15-1-3-16(4-2-15)19(25)23-13-17(20(26)27)21(14-23)5-9-28-10-6-21/h1-4,17H,5-14H2,(H,26,27). The summed E-state index contributed by atoms with van der Waals surface area (Å²) in [6.45, 7) is 3.91. The number of nitrogens with zero attached hydrogens (tertiary/aromatic N) is 2. The molecule has 1 N–H and O–H groups in total. The smallest absolute Gasteiger partial charge is 0.308 e. The average Bonchev–Trinajstić information content (AvgIpc) is 3.12. The molecule has 2 amide bonds. The van der Waals surface area contributed by atoms with Crippen molar-refractivity contribution in [3.8, 4) is 0 Å². The number of carboxylic acid groups (broad SMARTS) is 1. The third-order valence-corrected chi connectivity index (χ3v) is 6.40. The lowest BCUT2D eigenvalue weighted by Gasteiger charge is -2.36. The highest BCUT2D eigenvalue weighted by molar-refractivity contribution is 5.98. The first-order valence-electron chi connectivity index (χ1n) is 10.1. The van der Waals surface area contributed by atoms with Crippen LogP contribution < -0.4 is 0 Å². The molecule has 1 aromatic rings. The minimum atomic E-state index is -0.853. The number of likely N-dealkylation sites (tertiary alicyclic amines) is 1. The number of hydrogen-bond donors (Lipinski definition) is 1. The van der Waals surface area contributed by atoms with Gasteiger partial charge in [-0.25, -0.2) is 0 Å². The molecule has 8 heteroatoms. The Morgan fingerprint density at radius 3 is 1.93 bits per heavy atom. The number of ether oxygens (including phenoxy) is 2. The molecular weight excluding hydrogens is 376 g/mol. The molecule has 0 aromatic heterocycles. The van der Waals surface area contributed by atoms with Crippen molar-refractivity contribution >= 4 is 17.8 Å². The van der Waals surface area contributed by atoms with Crippen LogP contribution in [0.5, 0.6) is 0 Å². The topological polar surface area (TPSA) is 96.4 Å². The minimum absolute atomic E-state index is 0.0689. The van der Waals surface area contributed by atoms with Gasteiger partial charge in [0.05, 0.1) is 19.1 Å². The molecule has 3 aliphatic rings. The summed E-state index contributed by atoms with van der Waals surface area (Å²) >= 11 is 0. The predicted molar refractivity (Wildman–Crippen MR) is 103 cm³/mol. The van der Waals surface area contributed by atoms with Crippen molar-refractivity contribution in [2.45, 2.75) is 12.8 Å². The van der Waals surface area contributed by atoms with Crippen LogP contribution in [-0.2, 0) is 14.3 Å². The summed E-state index contributed by atoms with van der Waals surface area (Å²) in [5, 5.41) is 9.69. The molecule has 4 rings (SSSR count). The van der Waals surface area contributed by atoms with Gasteiger partial charge in [0.1, 0.15) is 0 Å². The molecule has 0 radical (unpaired) electrons. The Bertz CT molecular complexity index is 781. The van der Waals surface area contributed by atoms with Gasteiger partial charge in [-0.05, 0) is 37.1 Å². The van der Waals surface area contributed by atoms with E-state index in [4.69, 9.17) is 9.47 Å². The summed E-state index contributed by atoms with van der Waals surface area (Å²) in [4.78, 5) is 40.8. The maximum absolute atomic E-state index is 13.0. The lowest BCUT2D eigenvalue weighted by atomic mass is 9.72. The van der Waals surface area contributed by atoms with Crippen LogP contribution >= 0.6 is 0 Å². The van der Waals surface area contributed by atoms with Crippen LogP contribution in [0.4, 0.5) is 0 Å². The fourth-order valence-electron chi connectivity index (χ4n) is 4.64. The second-order valence-corrected chi connectivity index (χ2v) is 8.03. The van der Waals surface area contributed by atoms with E-state index in [0.717, 1.165) is 0 Å². The molecule has 1 atom stereocenters. The van der Waals surface area contributed by atoms with Crippen molar-refractivity contribution < 1.29 is 29.0 Å². The molecule has 0 aliphatic carbocycles. The van der Waals surface area contributed by atoms with Crippen molar-refractivity contribution in [2.75, 3.05) is 52.6 Å². The Morgan fingerprint density at radius 1 is 0.862 bits per heavy atom. The Kier molecular flexibility index (Phi) is 5.56. The van der Waals surface area contributed by atoms with Gasteiger partial charge in [0.25, 0.3) is 11.8 Å². The van der Waals surface area contributed by atoms with Crippen molar-refractivity contribution in [1.82, 2.24) is 9.80 Å². The first kappa shape index (κ1) is 19.8. The van der Waals surface area contributed by atoms with Gasteiger partial charge in [-0.2, -0.15) is 0 Å². The monoisotopic (exact) mass is 402 g/mol. The summed E-state index contributed by atoms with van der Waals surface area (Å²) in [6.07, 6.45) is 1.31. The Balaban J connectivity index is 1.46. The Hall–Kier alpha value is -2.45. The fourth-order valence-corrected chi connectivity index (χ4v) is 4.64. The SMILES string of the molecule is O=C(O)C1CN(C(=O)c2ccc(C(=O)N3CCOCC3)cc2)CC12CCOCC2. The highest BCUT2D eigenvalue weighted by atomic mass is 16.5. The lowest BCUT2D eigenvalue weighted by molar-refractivity contribution is -0.146. The summed E-state index contributed by atoms with van der Waals surface area (Å²) in [5.74, 6) is -1.68. The van der Waals surface area contributed by atoms with E-state index in [0.29, 0.717) is 70.0 Å². The van der Waals surface area contributed by atoms with Crippen molar-refractivity contribution in [3.05, 3.63) is 35.4 Å². The molecule has 0 saturated carbocycles. The van der Waals surface area contributed by atoms with Gasteiger partial charge in [0, 0.05) is 55.9 Å². The number of carboxylic acids is 1. The van der Waals surface area contributed by atoms with Crippen LogP contribution in [0.3, 0.4) is 0 Å². The zero-order valence-electron chi connectivity index (χ0n) is 16.3. The minimum Gasteiger partial charge on any atom is -0.481 e. The third-order valence-electron chi connectivity index (χ3n) is 6.40. The molecule has 8 nitrogen and oxygen atoms in total. The summed E-state index contributed by atoms with van der Waals surface area (Å²) in [6, 6.07) is 6.64. The molecule has 3 heterocycles. The molecular formula is C21H26N2O6. The second kappa shape index (κ2) is 8.12. The first-order chi connectivity index (χ1) is 14.0. The molecule has 1 unspecified atom stereocenters. The molecule has 29 heavy (non-hydrogen) atoms. The zero-order chi connectivity index (χ0) is 20.4. The van der Waals surface area contributed by atoms with Crippen molar-refractivity contribution in [1.29, 1.82) is 0 Å². The van der Waals surface area contributed by atoms with Crippen LogP contribution in [0, 0.1) is 11.3 Å². The van der Waals surface area contributed by atoms with E-state index in [1.165, 1.54) is 0 Å². The number of amides is 2. The van der Waals surface area contributed by atoms with Crippen LogP contribution in [0.15, 0.2) is 24.3 Å². The van der Waals surface area contributed by atoms with E-state index in [9.17, 15) is 19.5 Å². The fraction of sp³-hybridized carbons (Fsp3) is 0.571. The number of rotatable bonds is 3. The van der Waals surface area contributed by atoms with Crippen LogP contribution in [0.25, 0.3) is 0 Å². The van der Waals surface area contributed by atoms with E-state index in [1.807, 2.05) is 0 Å². The number of carbonyl (C=O) groups is 3. The second-order valence-electron chi connectivity index (χ2n) is 8.03. The van der Waals surface area contributed by atoms with Gasteiger partial charge in [-0.3, -0.25) is 14.4 Å². The van der Waals surface area contributed by atoms with Gasteiger partial charge in [-0.15, -0.1) is 0 Å². The third kappa shape index (κ3) is 3.86. The largest absolute Gasteiger partial charge is 0.481 e. The maximum Gasteiger partial charge on any atom is 0.308 e. The van der Waals surface area contributed by atoms with Gasteiger partial charge in [-0.1, -0.05) is 0 Å². The Labute approximate surface area is 169 Å². The molecule has 1 aromatic carbocycles. The first-order valence-corrected chi connectivity index (χ1v) is 10.1. The number of morpholine rings is 1. The summed E-state index contributed by atoms with van der Waals surface area (Å²) in [7, 11) is 0. The van der Waals surface area contributed by atoms with Crippen molar-refractivity contribution in [3.63, 3.8) is 0 Å². The zero-order valence-corrected chi connectivity index (χ0v) is 16.3. The normalized spacial score (nSPS) is 23.9. The number of hydrogen-bond acceptors (Lipinski definition) is 5. The Morgan fingerprint density at radius 2 is 1.38 bits per heavy atom. The molecule has 3 fully saturated rings. The average molecular weight is 402 g/mol. The van der Waals surface area contributed by atoms with Crippen molar-refractivity contribution in [2.24, 2.45) is 11.3 Å². The van der Waals surface area contributed by atoms with E-state index in [1.54, 1.807) is 34.1 Å². The van der Waals surface area contributed by atoms with Gasteiger partial charge >= 0.3 is 5.97 Å². The maximum atomic E-state index is 13.0. The molecule has 0 bridgehead atoms. The summed E-state index contributed by atoms with van der Waals surface area (Å²) in [5.41, 5.74) is 0.595. The van der Waals surface area contributed by atoms with Gasteiger partial charge < -0.3 is 24.4 Å². The number of benzene rings is 1. The predicted octanol–water partition coefficient (Wildman–Crippen LogP) is 1.11. The highest BCUT2D eigenvalue weighted by Gasteiger charge is 2.52. The number of aliphatic carboxylic acids is 1. The van der Waals surface area contributed by atoms with E-state index >= 15 is 0 Å². The molecule has 156 valence electrons. The lowest BCUT2D eigenvalue weighted by Crippen LogP contribution is -2.40. The van der Waals surface area contributed by atoms with E-state index in [2.05, 4.69) is 0 Å². The van der Waals surface area contributed by atoms with E-state index in [-0.39, 0.29) is 18.4 Å². The van der Waals surface area contributed by atoms with Gasteiger partial charge in [0.15, 0.2) is 0 Å². The quantitative estimate of drug-likeness (QED) is 0.814. The van der Waals surface area contributed by atoms with E-state index < -0.39 is 17.3 Å². The van der Waals surface area contributed by atoms with Crippen LogP contribution in [0.1, 0.15) is 33.6 Å². The molecule has 3 saturated heterocycles. The number of carbonyl (C=O) groups excluding carboxylic acids is 2. The summed E-state index contributed by atoms with van der Waals surface area (Å²) < 4.78 is 10.7. The van der Waals surface area contributed by atoms with Crippen LogP contribution in [0.2, 0.25) is 0 Å². The van der Waals surface area contributed by atoms with Gasteiger partial charge in [0.2, 0.25) is 0 Å². The van der Waals surface area contributed by atoms with Crippen LogP contribution in [-0.4, -0.2) is 85.3 Å². The highest BCUT2D eigenvalue weighted by Crippen LogP contribution is 2.44.